The maximum Gasteiger partial charge on any atom is 0.191 e. The number of nitrogens with one attached hydrogen (secondary N) is 2. The molecule has 2 aliphatic heterocycles. The van der Waals surface area contributed by atoms with E-state index in [4.69, 9.17) is 4.99 Å². The Labute approximate surface area is 173 Å². The number of aromatic nitrogens is 1. The average molecular weight is 477 g/mol. The first-order valence-electron chi connectivity index (χ1n) is 9.26. The van der Waals surface area contributed by atoms with Gasteiger partial charge in [0.05, 0.1) is 17.2 Å². The van der Waals surface area contributed by atoms with Crippen molar-refractivity contribution in [1.29, 1.82) is 0 Å². The minimum Gasteiger partial charge on any atom is -0.357 e. The molecule has 2 N–H and O–H groups in total. The molecule has 0 amide bonds. The van der Waals surface area contributed by atoms with Crippen LogP contribution in [0.25, 0.3) is 0 Å². The van der Waals surface area contributed by atoms with Crippen LogP contribution in [0.15, 0.2) is 4.99 Å². The Morgan fingerprint density at radius 1 is 1.28 bits per heavy atom. The molecule has 2 saturated heterocycles. The summed E-state index contributed by atoms with van der Waals surface area (Å²) >= 11 is 1.75. The molecule has 25 heavy (non-hydrogen) atoms. The number of halogens is 1. The van der Waals surface area contributed by atoms with E-state index in [1.54, 1.807) is 11.3 Å². The second-order valence-electron chi connectivity index (χ2n) is 7.15. The lowest BCUT2D eigenvalue weighted by Gasteiger charge is -2.47. The lowest BCUT2D eigenvalue weighted by atomic mass is 9.82. The van der Waals surface area contributed by atoms with Gasteiger partial charge < -0.3 is 15.5 Å². The number of nitrogens with zero attached hydrogens (tertiary/aromatic N) is 3. The van der Waals surface area contributed by atoms with E-state index in [9.17, 15) is 0 Å². The standard InChI is InChI=1S/C18H31N5S.HI/c1-5-19-18(20-11-17-12(2)21-13(3)24-17)22-14-9-15-7-6-8-16(10-14)23(15)4;/h14-16H,5-11H2,1-4H3,(H2,19,20,22);1H. The molecule has 7 heteroatoms. The number of hydrogen-bond acceptors (Lipinski definition) is 4. The Balaban J connectivity index is 0.00000225. The SMILES string of the molecule is CCNC(=NCc1sc(C)nc1C)NC1CC2CCCC(C1)N2C.I. The van der Waals surface area contributed by atoms with Gasteiger partial charge in [-0.15, -0.1) is 35.3 Å². The Morgan fingerprint density at radius 2 is 1.96 bits per heavy atom. The lowest BCUT2D eigenvalue weighted by molar-refractivity contribution is 0.0526. The number of thiazole rings is 1. The van der Waals surface area contributed by atoms with Crippen LogP contribution in [0.1, 0.15) is 54.6 Å². The van der Waals surface area contributed by atoms with Crippen LogP contribution in [0.3, 0.4) is 0 Å². The zero-order valence-electron chi connectivity index (χ0n) is 15.8. The smallest absolute Gasteiger partial charge is 0.191 e. The monoisotopic (exact) mass is 477 g/mol. The first-order valence-corrected chi connectivity index (χ1v) is 10.1. The van der Waals surface area contributed by atoms with Crippen LogP contribution in [0, 0.1) is 13.8 Å². The van der Waals surface area contributed by atoms with Crippen molar-refractivity contribution in [2.45, 2.75) is 77.5 Å². The normalized spacial score (nSPS) is 26.9. The number of guanidine groups is 1. The van der Waals surface area contributed by atoms with Crippen molar-refractivity contribution in [3.05, 3.63) is 15.6 Å². The first kappa shape index (κ1) is 20.9. The first-order chi connectivity index (χ1) is 11.6. The van der Waals surface area contributed by atoms with Gasteiger partial charge in [-0.2, -0.15) is 0 Å². The van der Waals surface area contributed by atoms with Crippen LogP contribution in [0.4, 0.5) is 0 Å². The van der Waals surface area contributed by atoms with Crippen molar-refractivity contribution >= 4 is 41.3 Å². The second kappa shape index (κ2) is 9.50. The minimum absolute atomic E-state index is 0. The fourth-order valence-corrected chi connectivity index (χ4v) is 4.98. The van der Waals surface area contributed by atoms with Crippen LogP contribution < -0.4 is 10.6 Å². The largest absolute Gasteiger partial charge is 0.357 e. The maximum absolute atomic E-state index is 4.82. The highest BCUT2D eigenvalue weighted by Gasteiger charge is 2.36. The zero-order valence-corrected chi connectivity index (χ0v) is 19.0. The van der Waals surface area contributed by atoms with E-state index in [-0.39, 0.29) is 24.0 Å². The number of rotatable bonds is 4. The molecule has 0 aliphatic carbocycles. The van der Waals surface area contributed by atoms with Crippen LogP contribution >= 0.6 is 35.3 Å². The summed E-state index contributed by atoms with van der Waals surface area (Å²) in [5.74, 6) is 0.954. The van der Waals surface area contributed by atoms with E-state index in [2.05, 4.69) is 48.3 Å². The van der Waals surface area contributed by atoms with Crippen LogP contribution in [-0.4, -0.2) is 47.6 Å². The Hall–Kier alpha value is -0.410. The Morgan fingerprint density at radius 3 is 2.52 bits per heavy atom. The molecule has 142 valence electrons. The molecule has 2 atom stereocenters. The number of aliphatic imine (C=N–C) groups is 1. The third kappa shape index (κ3) is 5.29. The van der Waals surface area contributed by atoms with Gasteiger partial charge in [-0.3, -0.25) is 0 Å². The molecule has 2 bridgehead atoms. The molecule has 0 radical (unpaired) electrons. The van der Waals surface area contributed by atoms with Gasteiger partial charge in [-0.05, 0) is 53.5 Å². The van der Waals surface area contributed by atoms with E-state index >= 15 is 0 Å². The van der Waals surface area contributed by atoms with E-state index in [0.717, 1.165) is 35.3 Å². The van der Waals surface area contributed by atoms with Gasteiger partial charge >= 0.3 is 0 Å². The molecule has 1 aromatic heterocycles. The fourth-order valence-electron chi connectivity index (χ4n) is 4.12. The van der Waals surface area contributed by atoms with E-state index in [0.29, 0.717) is 12.6 Å². The van der Waals surface area contributed by atoms with Gasteiger partial charge in [0.15, 0.2) is 5.96 Å². The van der Waals surface area contributed by atoms with Crippen LogP contribution in [0.5, 0.6) is 0 Å². The molecule has 0 spiro atoms. The van der Waals surface area contributed by atoms with E-state index < -0.39 is 0 Å². The highest BCUT2D eigenvalue weighted by Crippen LogP contribution is 2.32. The maximum atomic E-state index is 4.82. The molecule has 5 nitrogen and oxygen atoms in total. The average Bonchev–Trinajstić information content (AvgIpc) is 2.84. The van der Waals surface area contributed by atoms with Gasteiger partial charge in [0.2, 0.25) is 0 Å². The predicted molar refractivity (Wildman–Crippen MR) is 117 cm³/mol. The molecule has 0 saturated carbocycles. The third-order valence-electron chi connectivity index (χ3n) is 5.41. The summed E-state index contributed by atoms with van der Waals surface area (Å²) in [6, 6.07) is 2.02. The van der Waals surface area contributed by atoms with Gasteiger partial charge in [0, 0.05) is 29.5 Å². The molecule has 3 heterocycles. The summed E-state index contributed by atoms with van der Waals surface area (Å²) in [5.41, 5.74) is 1.12. The third-order valence-corrected chi connectivity index (χ3v) is 6.46. The van der Waals surface area contributed by atoms with E-state index in [1.165, 1.54) is 37.0 Å². The highest BCUT2D eigenvalue weighted by molar-refractivity contribution is 14.0. The Bertz CT molecular complexity index is 574. The summed E-state index contributed by atoms with van der Waals surface area (Å²) in [5, 5.41) is 8.24. The quantitative estimate of drug-likeness (QED) is 0.397. The number of fused-ring (bicyclic) bond motifs is 2. The van der Waals surface area contributed by atoms with E-state index in [1.807, 2.05) is 0 Å². The van der Waals surface area contributed by atoms with Crippen molar-refractivity contribution in [3.63, 3.8) is 0 Å². The summed E-state index contributed by atoms with van der Waals surface area (Å²) in [7, 11) is 2.30. The minimum atomic E-state index is 0. The van der Waals surface area contributed by atoms with Crippen molar-refractivity contribution in [3.8, 4) is 0 Å². The van der Waals surface area contributed by atoms with Crippen molar-refractivity contribution in [1.82, 2.24) is 20.5 Å². The Kier molecular flexibility index (Phi) is 7.94. The summed E-state index contributed by atoms with van der Waals surface area (Å²) in [4.78, 5) is 13.2. The van der Waals surface area contributed by atoms with Crippen molar-refractivity contribution < 1.29 is 0 Å². The molecular weight excluding hydrogens is 445 g/mol. The summed E-state index contributed by atoms with van der Waals surface area (Å²) in [6.45, 7) is 7.87. The van der Waals surface area contributed by atoms with Crippen LogP contribution in [0.2, 0.25) is 0 Å². The summed E-state index contributed by atoms with van der Waals surface area (Å²) in [6.07, 6.45) is 6.55. The topological polar surface area (TPSA) is 52.6 Å². The van der Waals surface area contributed by atoms with Crippen molar-refractivity contribution in [2.24, 2.45) is 4.99 Å². The number of hydrogen-bond donors (Lipinski definition) is 2. The predicted octanol–water partition coefficient (Wildman–Crippen LogP) is 3.45. The lowest BCUT2D eigenvalue weighted by Crippen LogP contribution is -2.56. The van der Waals surface area contributed by atoms with Crippen molar-refractivity contribution in [2.75, 3.05) is 13.6 Å². The fraction of sp³-hybridized carbons (Fsp3) is 0.778. The van der Waals surface area contributed by atoms with Gasteiger partial charge in [-0.1, -0.05) is 6.42 Å². The number of piperidine rings is 2. The molecule has 0 aromatic carbocycles. The summed E-state index contributed by atoms with van der Waals surface area (Å²) < 4.78 is 0. The highest BCUT2D eigenvalue weighted by atomic mass is 127. The van der Waals surface area contributed by atoms with Crippen LogP contribution in [-0.2, 0) is 6.54 Å². The molecule has 3 rings (SSSR count). The zero-order chi connectivity index (χ0) is 17.1. The molecule has 2 fully saturated rings. The van der Waals surface area contributed by atoms with Gasteiger partial charge in [0.25, 0.3) is 0 Å². The second-order valence-corrected chi connectivity index (χ2v) is 8.44. The van der Waals surface area contributed by atoms with Gasteiger partial charge in [-0.25, -0.2) is 9.98 Å². The number of aryl methyl sites for hydroxylation is 2. The molecule has 2 unspecified atom stereocenters. The molecule has 1 aromatic rings. The van der Waals surface area contributed by atoms with Gasteiger partial charge in [0.1, 0.15) is 0 Å². The molecule has 2 aliphatic rings. The molecular formula is C18H32IN5S.